The summed E-state index contributed by atoms with van der Waals surface area (Å²) in [5, 5.41) is 7.82. The van der Waals surface area contributed by atoms with Gasteiger partial charge in [-0.2, -0.15) is 4.37 Å². The Morgan fingerprint density at radius 3 is 2.61 bits per heavy atom. The van der Waals surface area contributed by atoms with Crippen LogP contribution in [0.25, 0.3) is 0 Å². The van der Waals surface area contributed by atoms with Crippen molar-refractivity contribution in [3.05, 3.63) is 21.9 Å². The molecule has 0 aliphatic carbocycles. The minimum atomic E-state index is 0. The third-order valence-corrected chi connectivity index (χ3v) is 6.28. The number of guanidine groups is 1. The Morgan fingerprint density at radius 2 is 2.00 bits per heavy atom. The van der Waals surface area contributed by atoms with Crippen molar-refractivity contribution in [2.24, 2.45) is 4.99 Å². The van der Waals surface area contributed by atoms with Crippen LogP contribution in [0.15, 0.2) is 10.4 Å². The van der Waals surface area contributed by atoms with E-state index in [-0.39, 0.29) is 24.0 Å². The zero-order valence-corrected chi connectivity index (χ0v) is 20.8. The van der Waals surface area contributed by atoms with Crippen LogP contribution < -0.4 is 10.2 Å². The molecule has 0 saturated carbocycles. The van der Waals surface area contributed by atoms with Gasteiger partial charge in [-0.25, -0.2) is 9.97 Å². The van der Waals surface area contributed by atoms with Gasteiger partial charge in [-0.05, 0) is 20.3 Å². The van der Waals surface area contributed by atoms with Gasteiger partial charge in [-0.15, -0.1) is 35.3 Å². The molecule has 0 amide bonds. The first-order valence-corrected chi connectivity index (χ1v) is 11.4. The fourth-order valence-corrected chi connectivity index (χ4v) is 4.60. The van der Waals surface area contributed by atoms with Gasteiger partial charge < -0.3 is 15.1 Å². The maximum atomic E-state index is 4.84. The number of nitrogens with one attached hydrogen (secondary N) is 1. The summed E-state index contributed by atoms with van der Waals surface area (Å²) in [5.74, 6) is 1.97. The largest absolute Gasteiger partial charge is 0.357 e. The van der Waals surface area contributed by atoms with Gasteiger partial charge in [0, 0.05) is 74.7 Å². The number of hydrogen-bond acceptors (Lipinski definition) is 7. The van der Waals surface area contributed by atoms with E-state index in [0.29, 0.717) is 0 Å². The van der Waals surface area contributed by atoms with E-state index in [1.165, 1.54) is 16.5 Å². The molecule has 1 saturated heterocycles. The number of aryl methyl sites for hydroxylation is 3. The highest BCUT2D eigenvalue weighted by molar-refractivity contribution is 14.0. The summed E-state index contributed by atoms with van der Waals surface area (Å²) in [6.45, 7) is 11.8. The molecule has 2 aromatic rings. The van der Waals surface area contributed by atoms with Gasteiger partial charge in [0.15, 0.2) is 5.96 Å². The second-order valence-electron chi connectivity index (χ2n) is 6.54. The monoisotopic (exact) mass is 535 g/mol. The number of nitrogens with zero attached hydrogens (tertiary/aromatic N) is 6. The third-order valence-electron chi connectivity index (χ3n) is 4.44. The summed E-state index contributed by atoms with van der Waals surface area (Å²) in [4.78, 5) is 18.7. The van der Waals surface area contributed by atoms with E-state index in [0.717, 1.165) is 81.1 Å². The number of hydrogen-bond donors (Lipinski definition) is 1. The van der Waals surface area contributed by atoms with E-state index in [1.54, 1.807) is 11.3 Å². The minimum absolute atomic E-state index is 0. The average Bonchev–Trinajstić information content (AvgIpc) is 3.33. The number of aromatic nitrogens is 3. The molecule has 28 heavy (non-hydrogen) atoms. The van der Waals surface area contributed by atoms with Crippen LogP contribution in [-0.2, 0) is 12.8 Å². The highest BCUT2D eigenvalue weighted by atomic mass is 127. The molecule has 7 nitrogen and oxygen atoms in total. The molecule has 10 heteroatoms. The molecule has 0 bridgehead atoms. The molecule has 0 atom stereocenters. The van der Waals surface area contributed by atoms with Crippen LogP contribution in [0.2, 0.25) is 0 Å². The number of anilines is 1. The van der Waals surface area contributed by atoms with Crippen LogP contribution in [0.3, 0.4) is 0 Å². The van der Waals surface area contributed by atoms with Gasteiger partial charge in [0.25, 0.3) is 0 Å². The first kappa shape index (κ1) is 23.3. The quantitative estimate of drug-likeness (QED) is 0.254. The van der Waals surface area contributed by atoms with E-state index in [2.05, 4.69) is 48.7 Å². The lowest BCUT2D eigenvalue weighted by atomic mass is 10.3. The standard InChI is InChI=1S/C18H29N7S2.HI/c1-4-15-22-18(27-23-15)25-11-9-24(10-12-25)17(19-5-2)20-8-6-7-16-21-14(3)13-26-16;/h13H,4-12H2,1-3H3,(H,19,20);1H. The zero-order chi connectivity index (χ0) is 19.1. The Labute approximate surface area is 192 Å². The van der Waals surface area contributed by atoms with Crippen molar-refractivity contribution in [1.29, 1.82) is 0 Å². The summed E-state index contributed by atoms with van der Waals surface area (Å²) in [5.41, 5.74) is 1.12. The number of rotatable bonds is 7. The van der Waals surface area contributed by atoms with Crippen LogP contribution in [0.1, 0.15) is 36.8 Å². The fourth-order valence-electron chi connectivity index (χ4n) is 2.98. The molecular formula is C18H30IN7S2. The van der Waals surface area contributed by atoms with Crippen molar-refractivity contribution in [1.82, 2.24) is 24.6 Å². The predicted octanol–water partition coefficient (Wildman–Crippen LogP) is 3.20. The maximum Gasteiger partial charge on any atom is 0.205 e. The van der Waals surface area contributed by atoms with E-state index in [4.69, 9.17) is 4.99 Å². The number of piperazine rings is 1. The lowest BCUT2D eigenvalue weighted by Gasteiger charge is -2.36. The highest BCUT2D eigenvalue weighted by Gasteiger charge is 2.21. The first-order valence-electron chi connectivity index (χ1n) is 9.71. The van der Waals surface area contributed by atoms with Crippen LogP contribution in [0.5, 0.6) is 0 Å². The second kappa shape index (κ2) is 11.9. The molecule has 0 unspecified atom stereocenters. The molecular weight excluding hydrogens is 505 g/mol. The maximum absolute atomic E-state index is 4.84. The summed E-state index contributed by atoms with van der Waals surface area (Å²) in [6, 6.07) is 0. The molecule has 3 rings (SSSR count). The zero-order valence-electron chi connectivity index (χ0n) is 16.8. The van der Waals surface area contributed by atoms with Crippen molar-refractivity contribution >= 4 is 57.9 Å². The van der Waals surface area contributed by atoms with Crippen LogP contribution >= 0.6 is 46.8 Å². The van der Waals surface area contributed by atoms with E-state index < -0.39 is 0 Å². The minimum Gasteiger partial charge on any atom is -0.357 e. The normalized spacial score (nSPS) is 14.9. The van der Waals surface area contributed by atoms with Gasteiger partial charge in [0.05, 0.1) is 5.01 Å². The molecule has 3 heterocycles. The molecule has 2 aromatic heterocycles. The highest BCUT2D eigenvalue weighted by Crippen LogP contribution is 2.19. The van der Waals surface area contributed by atoms with Crippen LogP contribution in [-0.4, -0.2) is 64.5 Å². The number of thiazole rings is 1. The van der Waals surface area contributed by atoms with Crippen molar-refractivity contribution in [3.8, 4) is 0 Å². The number of aliphatic imine (C=N–C) groups is 1. The fraction of sp³-hybridized carbons (Fsp3) is 0.667. The molecule has 0 spiro atoms. The summed E-state index contributed by atoms with van der Waals surface area (Å²) in [6.07, 6.45) is 2.94. The molecule has 1 fully saturated rings. The summed E-state index contributed by atoms with van der Waals surface area (Å²) >= 11 is 3.26. The molecule has 1 aliphatic rings. The molecule has 1 aliphatic heterocycles. The Kier molecular flexibility index (Phi) is 9.86. The van der Waals surface area contributed by atoms with E-state index >= 15 is 0 Å². The Balaban J connectivity index is 0.00000280. The van der Waals surface area contributed by atoms with Crippen molar-refractivity contribution < 1.29 is 0 Å². The first-order chi connectivity index (χ1) is 13.2. The molecule has 0 aromatic carbocycles. The topological polar surface area (TPSA) is 69.5 Å². The smallest absolute Gasteiger partial charge is 0.205 e. The van der Waals surface area contributed by atoms with Crippen molar-refractivity contribution in [2.45, 2.75) is 40.0 Å². The average molecular weight is 536 g/mol. The lowest BCUT2D eigenvalue weighted by molar-refractivity contribution is 0.372. The Bertz CT molecular complexity index is 738. The van der Waals surface area contributed by atoms with Gasteiger partial charge in [-0.3, -0.25) is 4.99 Å². The molecule has 1 N–H and O–H groups in total. The molecule has 156 valence electrons. The van der Waals surface area contributed by atoms with Gasteiger partial charge >= 0.3 is 0 Å². The molecule has 0 radical (unpaired) electrons. The van der Waals surface area contributed by atoms with Gasteiger partial charge in [0.2, 0.25) is 5.13 Å². The van der Waals surface area contributed by atoms with Gasteiger partial charge in [0.1, 0.15) is 5.82 Å². The van der Waals surface area contributed by atoms with Gasteiger partial charge in [-0.1, -0.05) is 6.92 Å². The Hall–Kier alpha value is -1.01. The van der Waals surface area contributed by atoms with Crippen LogP contribution in [0, 0.1) is 6.92 Å². The van der Waals surface area contributed by atoms with E-state index in [9.17, 15) is 0 Å². The summed E-state index contributed by atoms with van der Waals surface area (Å²) < 4.78 is 4.40. The van der Waals surface area contributed by atoms with E-state index in [1.807, 2.05) is 6.92 Å². The number of halogens is 1. The SMILES string of the molecule is CCNC(=NCCCc1nc(C)cs1)N1CCN(c2nc(CC)ns2)CC1.I. The van der Waals surface area contributed by atoms with Crippen molar-refractivity contribution in [3.63, 3.8) is 0 Å². The third kappa shape index (κ3) is 6.51. The predicted molar refractivity (Wildman–Crippen MR) is 130 cm³/mol. The van der Waals surface area contributed by atoms with Crippen LogP contribution in [0.4, 0.5) is 5.13 Å². The summed E-state index contributed by atoms with van der Waals surface area (Å²) in [7, 11) is 0. The van der Waals surface area contributed by atoms with Crippen molar-refractivity contribution in [2.75, 3.05) is 44.2 Å². The second-order valence-corrected chi connectivity index (χ2v) is 8.22. The lowest BCUT2D eigenvalue weighted by Crippen LogP contribution is -2.52. The Morgan fingerprint density at radius 1 is 1.21 bits per heavy atom.